The van der Waals surface area contributed by atoms with Crippen LogP contribution in [0, 0.1) is 5.41 Å². The van der Waals surface area contributed by atoms with Crippen LogP contribution >= 0.6 is 0 Å². The smallest absolute Gasteiger partial charge is 0.0279 e. The van der Waals surface area contributed by atoms with E-state index in [9.17, 15) is 0 Å². The van der Waals surface area contributed by atoms with Crippen molar-refractivity contribution < 1.29 is 0 Å². The molecular formula is C14H24. The number of benzene rings is 1. The van der Waals surface area contributed by atoms with Gasteiger partial charge in [-0.25, -0.2) is 0 Å². The van der Waals surface area contributed by atoms with E-state index in [0.717, 1.165) is 0 Å². The Bertz CT molecular complexity index is 228. The number of rotatable bonds is 3. The molecule has 1 aromatic rings. The maximum atomic E-state index is 2.30. The van der Waals surface area contributed by atoms with Crippen LogP contribution in [-0.4, -0.2) is 0 Å². The van der Waals surface area contributed by atoms with Crippen molar-refractivity contribution in [3.63, 3.8) is 0 Å². The highest BCUT2D eigenvalue weighted by Gasteiger charge is 2.08. The standard InChI is InChI=1S/C13H20.CH4/c1-13(2,3)11-7-10-12-8-5-4-6-9-12;/h4-6,8-9H,7,10-11H2,1-3H3;1H4. The first-order valence-corrected chi connectivity index (χ1v) is 5.12. The lowest BCUT2D eigenvalue weighted by atomic mass is 9.89. The van der Waals surface area contributed by atoms with Gasteiger partial charge in [-0.1, -0.05) is 58.5 Å². The molecule has 0 nitrogen and oxygen atoms in total. The summed E-state index contributed by atoms with van der Waals surface area (Å²) in [6.07, 6.45) is 3.83. The zero-order valence-corrected chi connectivity index (χ0v) is 9.01. The summed E-state index contributed by atoms with van der Waals surface area (Å²) in [5.74, 6) is 0. The molecule has 0 heterocycles. The Morgan fingerprint density at radius 3 is 2.07 bits per heavy atom. The lowest BCUT2D eigenvalue weighted by molar-refractivity contribution is 0.365. The maximum Gasteiger partial charge on any atom is -0.0279 e. The van der Waals surface area contributed by atoms with E-state index in [1.54, 1.807) is 0 Å². The van der Waals surface area contributed by atoms with Crippen molar-refractivity contribution in [2.75, 3.05) is 0 Å². The summed E-state index contributed by atoms with van der Waals surface area (Å²) in [6.45, 7) is 6.91. The van der Waals surface area contributed by atoms with Crippen LogP contribution in [0.1, 0.15) is 46.6 Å². The lowest BCUT2D eigenvalue weighted by Gasteiger charge is -2.17. The van der Waals surface area contributed by atoms with Crippen molar-refractivity contribution in [3.05, 3.63) is 35.9 Å². The van der Waals surface area contributed by atoms with Gasteiger partial charge in [-0.3, -0.25) is 0 Å². The highest BCUT2D eigenvalue weighted by atomic mass is 14.1. The zero-order valence-electron chi connectivity index (χ0n) is 9.01. The molecule has 0 aliphatic heterocycles. The molecule has 0 fully saturated rings. The average Bonchev–Trinajstić information content (AvgIpc) is 2.04. The van der Waals surface area contributed by atoms with Crippen LogP contribution in [0.4, 0.5) is 0 Å². The van der Waals surface area contributed by atoms with E-state index in [2.05, 4.69) is 51.1 Å². The molecule has 0 atom stereocenters. The van der Waals surface area contributed by atoms with E-state index in [1.807, 2.05) is 0 Å². The van der Waals surface area contributed by atoms with Crippen molar-refractivity contribution in [2.24, 2.45) is 5.41 Å². The molecule has 80 valence electrons. The molecule has 0 saturated carbocycles. The fourth-order valence-electron chi connectivity index (χ4n) is 1.47. The minimum atomic E-state index is 0. The Balaban J connectivity index is 0.00000169. The quantitative estimate of drug-likeness (QED) is 0.651. The molecule has 0 heteroatoms. The molecule has 0 bridgehead atoms. The normalized spacial score (nSPS) is 10.8. The van der Waals surface area contributed by atoms with Crippen molar-refractivity contribution in [3.8, 4) is 0 Å². The molecule has 14 heavy (non-hydrogen) atoms. The van der Waals surface area contributed by atoms with E-state index < -0.39 is 0 Å². The van der Waals surface area contributed by atoms with Crippen LogP contribution in [-0.2, 0) is 6.42 Å². The highest BCUT2D eigenvalue weighted by Crippen LogP contribution is 2.21. The molecule has 0 spiro atoms. The number of hydrogen-bond donors (Lipinski definition) is 0. The van der Waals surface area contributed by atoms with Gasteiger partial charge in [-0.15, -0.1) is 0 Å². The van der Waals surface area contributed by atoms with Crippen molar-refractivity contribution >= 4 is 0 Å². The van der Waals surface area contributed by atoms with Gasteiger partial charge in [0.2, 0.25) is 0 Å². The fourth-order valence-corrected chi connectivity index (χ4v) is 1.47. The molecule has 0 N–H and O–H groups in total. The van der Waals surface area contributed by atoms with Gasteiger partial charge < -0.3 is 0 Å². The van der Waals surface area contributed by atoms with Gasteiger partial charge in [0.05, 0.1) is 0 Å². The van der Waals surface area contributed by atoms with E-state index in [-0.39, 0.29) is 7.43 Å². The van der Waals surface area contributed by atoms with Crippen LogP contribution < -0.4 is 0 Å². The second kappa shape index (κ2) is 5.85. The molecule has 0 aromatic heterocycles. The molecule has 0 saturated heterocycles. The summed E-state index contributed by atoms with van der Waals surface area (Å²) in [5, 5.41) is 0. The van der Waals surface area contributed by atoms with Gasteiger partial charge >= 0.3 is 0 Å². The van der Waals surface area contributed by atoms with Gasteiger partial charge in [0.25, 0.3) is 0 Å². The Hall–Kier alpha value is -0.780. The Labute approximate surface area is 89.4 Å². The van der Waals surface area contributed by atoms with E-state index in [1.165, 1.54) is 24.8 Å². The minimum absolute atomic E-state index is 0. The topological polar surface area (TPSA) is 0 Å². The second-order valence-corrected chi connectivity index (χ2v) is 4.90. The van der Waals surface area contributed by atoms with Gasteiger partial charge in [0.1, 0.15) is 0 Å². The van der Waals surface area contributed by atoms with Crippen LogP contribution in [0.3, 0.4) is 0 Å². The van der Waals surface area contributed by atoms with Crippen LogP contribution in [0.15, 0.2) is 30.3 Å². The van der Waals surface area contributed by atoms with Gasteiger partial charge in [0.15, 0.2) is 0 Å². The van der Waals surface area contributed by atoms with Gasteiger partial charge in [0, 0.05) is 0 Å². The van der Waals surface area contributed by atoms with Gasteiger partial charge in [-0.05, 0) is 30.2 Å². The molecule has 1 rings (SSSR count). The fraction of sp³-hybridized carbons (Fsp3) is 0.571. The van der Waals surface area contributed by atoms with Crippen molar-refractivity contribution in [1.29, 1.82) is 0 Å². The van der Waals surface area contributed by atoms with Gasteiger partial charge in [-0.2, -0.15) is 0 Å². The van der Waals surface area contributed by atoms with E-state index in [4.69, 9.17) is 0 Å². The zero-order chi connectivity index (χ0) is 9.73. The Morgan fingerprint density at radius 2 is 1.57 bits per heavy atom. The maximum absolute atomic E-state index is 2.30. The average molecular weight is 192 g/mol. The summed E-state index contributed by atoms with van der Waals surface area (Å²) in [4.78, 5) is 0. The summed E-state index contributed by atoms with van der Waals surface area (Å²) >= 11 is 0. The third-order valence-corrected chi connectivity index (χ3v) is 2.24. The van der Waals surface area contributed by atoms with Crippen molar-refractivity contribution in [1.82, 2.24) is 0 Å². The SMILES string of the molecule is C.CC(C)(C)CCCc1ccccc1. The summed E-state index contributed by atoms with van der Waals surface area (Å²) in [7, 11) is 0. The van der Waals surface area contributed by atoms with Crippen molar-refractivity contribution in [2.45, 2.75) is 47.5 Å². The molecule has 0 aliphatic rings. The molecule has 1 aromatic carbocycles. The molecule has 0 radical (unpaired) electrons. The summed E-state index contributed by atoms with van der Waals surface area (Å²) < 4.78 is 0. The highest BCUT2D eigenvalue weighted by molar-refractivity contribution is 5.14. The molecule has 0 aliphatic carbocycles. The number of hydrogen-bond acceptors (Lipinski definition) is 0. The molecule has 0 unspecified atom stereocenters. The Kier molecular flexibility index (Phi) is 5.52. The third-order valence-electron chi connectivity index (χ3n) is 2.24. The Morgan fingerprint density at radius 1 is 1.00 bits per heavy atom. The first-order valence-electron chi connectivity index (χ1n) is 5.12. The van der Waals surface area contributed by atoms with Crippen LogP contribution in [0.5, 0.6) is 0 Å². The second-order valence-electron chi connectivity index (χ2n) is 4.90. The van der Waals surface area contributed by atoms with Crippen LogP contribution in [0.2, 0.25) is 0 Å². The van der Waals surface area contributed by atoms with E-state index >= 15 is 0 Å². The first kappa shape index (κ1) is 13.2. The molecule has 0 amide bonds. The third kappa shape index (κ3) is 5.80. The predicted molar refractivity (Wildman–Crippen MR) is 65.6 cm³/mol. The summed E-state index contributed by atoms with van der Waals surface area (Å²) in [5.41, 5.74) is 1.95. The van der Waals surface area contributed by atoms with E-state index in [0.29, 0.717) is 5.41 Å². The monoisotopic (exact) mass is 192 g/mol. The first-order chi connectivity index (χ1) is 6.08. The summed E-state index contributed by atoms with van der Waals surface area (Å²) in [6, 6.07) is 10.7. The minimum Gasteiger partial charge on any atom is -0.0776 e. The number of aryl methyl sites for hydroxylation is 1. The lowest BCUT2D eigenvalue weighted by Crippen LogP contribution is -2.04. The molecular weight excluding hydrogens is 168 g/mol. The predicted octanol–water partition coefficient (Wildman–Crippen LogP) is 4.69. The van der Waals surface area contributed by atoms with Crippen LogP contribution in [0.25, 0.3) is 0 Å². The largest absolute Gasteiger partial charge is 0.0776 e.